The summed E-state index contributed by atoms with van der Waals surface area (Å²) in [4.78, 5) is 16.0. The van der Waals surface area contributed by atoms with E-state index >= 15 is 0 Å². The van der Waals surface area contributed by atoms with E-state index in [1.165, 1.54) is 30.5 Å². The average molecular weight is 360 g/mol. The molecule has 25 heavy (non-hydrogen) atoms. The van der Waals surface area contributed by atoms with Crippen LogP contribution in [0.25, 0.3) is 11.4 Å². The van der Waals surface area contributed by atoms with Crippen molar-refractivity contribution in [2.45, 2.75) is 38.6 Å². The van der Waals surface area contributed by atoms with Gasteiger partial charge < -0.3 is 4.90 Å². The van der Waals surface area contributed by atoms with Crippen LogP contribution in [0.5, 0.6) is 0 Å². The highest BCUT2D eigenvalue weighted by Crippen LogP contribution is 2.36. The fourth-order valence-electron chi connectivity index (χ4n) is 4.11. The van der Waals surface area contributed by atoms with Crippen molar-refractivity contribution in [2.24, 2.45) is 11.8 Å². The van der Waals surface area contributed by atoms with E-state index in [9.17, 15) is 4.79 Å². The predicted octanol–water partition coefficient (Wildman–Crippen LogP) is 3.03. The highest BCUT2D eigenvalue weighted by atomic mass is 35.5. The van der Waals surface area contributed by atoms with Crippen molar-refractivity contribution in [2.75, 3.05) is 13.1 Å². The summed E-state index contributed by atoms with van der Waals surface area (Å²) in [5, 5.41) is 13.0. The van der Waals surface area contributed by atoms with Gasteiger partial charge in [-0.2, -0.15) is 4.80 Å². The molecule has 1 aliphatic heterocycles. The van der Waals surface area contributed by atoms with E-state index in [1.54, 1.807) is 6.07 Å². The number of rotatable bonds is 3. The molecule has 2 aliphatic rings. The number of aromatic nitrogens is 4. The lowest BCUT2D eigenvalue weighted by molar-refractivity contribution is -0.135. The highest BCUT2D eigenvalue weighted by Gasteiger charge is 2.33. The van der Waals surface area contributed by atoms with E-state index in [1.807, 2.05) is 23.1 Å². The Labute approximate surface area is 152 Å². The van der Waals surface area contributed by atoms with Crippen LogP contribution in [0.15, 0.2) is 24.3 Å². The summed E-state index contributed by atoms with van der Waals surface area (Å²) in [7, 11) is 0. The van der Waals surface area contributed by atoms with Crippen LogP contribution in [-0.4, -0.2) is 44.1 Å². The van der Waals surface area contributed by atoms with Gasteiger partial charge in [0.15, 0.2) is 0 Å². The maximum absolute atomic E-state index is 12.6. The molecule has 0 bridgehead atoms. The SMILES string of the molecule is O=C(Cn1nnc(-c2ccccc2Cl)n1)N1CC[C@@H]2CCCC[C@@H]2C1. The number of likely N-dealkylation sites (tertiary alicyclic amines) is 1. The Morgan fingerprint density at radius 3 is 2.80 bits per heavy atom. The van der Waals surface area contributed by atoms with Crippen molar-refractivity contribution in [1.82, 2.24) is 25.1 Å². The molecule has 1 saturated heterocycles. The number of amides is 1. The van der Waals surface area contributed by atoms with Gasteiger partial charge >= 0.3 is 0 Å². The molecule has 1 aliphatic carbocycles. The molecular formula is C18H22ClN5O. The molecule has 6 nitrogen and oxygen atoms in total. The third-order valence-corrected chi connectivity index (χ3v) is 5.82. The predicted molar refractivity (Wildman–Crippen MR) is 94.9 cm³/mol. The van der Waals surface area contributed by atoms with Gasteiger partial charge in [-0.3, -0.25) is 4.79 Å². The topological polar surface area (TPSA) is 63.9 Å². The normalized spacial score (nSPS) is 23.3. The summed E-state index contributed by atoms with van der Waals surface area (Å²) in [6.45, 7) is 1.87. The number of carbonyl (C=O) groups excluding carboxylic acids is 1. The number of benzene rings is 1. The van der Waals surface area contributed by atoms with Crippen molar-refractivity contribution >= 4 is 17.5 Å². The van der Waals surface area contributed by atoms with E-state index in [0.29, 0.717) is 16.8 Å². The number of hydrogen-bond acceptors (Lipinski definition) is 4. The third-order valence-electron chi connectivity index (χ3n) is 5.49. The molecule has 7 heteroatoms. The lowest BCUT2D eigenvalue weighted by Gasteiger charge is -2.41. The van der Waals surface area contributed by atoms with Crippen LogP contribution in [-0.2, 0) is 11.3 Å². The van der Waals surface area contributed by atoms with E-state index in [4.69, 9.17) is 11.6 Å². The van der Waals surface area contributed by atoms with E-state index in [2.05, 4.69) is 15.4 Å². The second-order valence-corrected chi connectivity index (χ2v) is 7.46. The molecular weight excluding hydrogens is 338 g/mol. The maximum atomic E-state index is 12.6. The van der Waals surface area contributed by atoms with Crippen molar-refractivity contribution in [3.8, 4) is 11.4 Å². The zero-order valence-electron chi connectivity index (χ0n) is 14.1. The molecule has 0 radical (unpaired) electrons. The van der Waals surface area contributed by atoms with Gasteiger partial charge in [0.1, 0.15) is 6.54 Å². The Bertz CT molecular complexity index is 761. The van der Waals surface area contributed by atoms with Crippen molar-refractivity contribution in [3.63, 3.8) is 0 Å². The quantitative estimate of drug-likeness (QED) is 0.845. The smallest absolute Gasteiger partial charge is 0.246 e. The first-order valence-electron chi connectivity index (χ1n) is 9.01. The lowest BCUT2D eigenvalue weighted by atomic mass is 9.75. The summed E-state index contributed by atoms with van der Waals surface area (Å²) in [5.74, 6) is 2.01. The number of carbonyl (C=O) groups is 1. The van der Waals surface area contributed by atoms with E-state index in [-0.39, 0.29) is 12.5 Å². The van der Waals surface area contributed by atoms with Crippen LogP contribution in [0.3, 0.4) is 0 Å². The average Bonchev–Trinajstić information content (AvgIpc) is 3.10. The van der Waals surface area contributed by atoms with Crippen molar-refractivity contribution < 1.29 is 4.79 Å². The molecule has 1 amide bonds. The Morgan fingerprint density at radius 2 is 1.96 bits per heavy atom. The molecule has 0 N–H and O–H groups in total. The fraction of sp³-hybridized carbons (Fsp3) is 0.556. The number of hydrogen-bond donors (Lipinski definition) is 0. The number of halogens is 1. The van der Waals surface area contributed by atoms with Gasteiger partial charge in [-0.15, -0.1) is 10.2 Å². The Morgan fingerprint density at radius 1 is 1.16 bits per heavy atom. The van der Waals surface area contributed by atoms with Crippen LogP contribution in [0.2, 0.25) is 5.02 Å². The third kappa shape index (κ3) is 3.54. The van der Waals surface area contributed by atoms with Crippen LogP contribution >= 0.6 is 11.6 Å². The minimum Gasteiger partial charge on any atom is -0.341 e. The molecule has 2 heterocycles. The largest absolute Gasteiger partial charge is 0.341 e. The van der Waals surface area contributed by atoms with Gasteiger partial charge in [-0.05, 0) is 42.0 Å². The lowest BCUT2D eigenvalue weighted by Crippen LogP contribution is -2.46. The van der Waals surface area contributed by atoms with Crippen molar-refractivity contribution in [3.05, 3.63) is 29.3 Å². The molecule has 1 aromatic carbocycles. The van der Waals surface area contributed by atoms with Gasteiger partial charge in [0, 0.05) is 18.7 Å². The summed E-state index contributed by atoms with van der Waals surface area (Å²) in [6, 6.07) is 7.37. The molecule has 1 saturated carbocycles. The molecule has 0 unspecified atom stereocenters. The first-order chi connectivity index (χ1) is 12.2. The van der Waals surface area contributed by atoms with Crippen LogP contribution in [0.1, 0.15) is 32.1 Å². The molecule has 2 atom stereocenters. The van der Waals surface area contributed by atoms with Gasteiger partial charge in [0.05, 0.1) is 5.02 Å². The zero-order chi connectivity index (χ0) is 17.2. The second kappa shape index (κ2) is 7.12. The monoisotopic (exact) mass is 359 g/mol. The maximum Gasteiger partial charge on any atom is 0.246 e. The Balaban J connectivity index is 1.41. The summed E-state index contributed by atoms with van der Waals surface area (Å²) in [5.41, 5.74) is 0.728. The first kappa shape index (κ1) is 16.5. The second-order valence-electron chi connectivity index (χ2n) is 7.06. The van der Waals surface area contributed by atoms with Gasteiger partial charge in [0.25, 0.3) is 0 Å². The van der Waals surface area contributed by atoms with Crippen LogP contribution in [0, 0.1) is 11.8 Å². The minimum absolute atomic E-state index is 0.0760. The zero-order valence-corrected chi connectivity index (χ0v) is 14.9. The Kier molecular flexibility index (Phi) is 4.70. The Hall–Kier alpha value is -1.95. The molecule has 4 rings (SSSR count). The fourth-order valence-corrected chi connectivity index (χ4v) is 4.33. The van der Waals surface area contributed by atoms with E-state index in [0.717, 1.165) is 31.0 Å². The molecule has 132 valence electrons. The standard InChI is InChI=1S/C18H22ClN5O/c19-16-8-4-3-7-15(16)18-20-22-24(21-18)12-17(25)23-10-9-13-5-1-2-6-14(13)11-23/h3-4,7-8,13-14H,1-2,5-6,9-12H2/t13-,14+/m0/s1. The highest BCUT2D eigenvalue weighted by molar-refractivity contribution is 6.33. The molecule has 2 fully saturated rings. The molecule has 2 aromatic rings. The number of piperidine rings is 1. The summed E-state index contributed by atoms with van der Waals surface area (Å²) in [6.07, 6.45) is 6.37. The van der Waals surface area contributed by atoms with Crippen LogP contribution in [0.4, 0.5) is 0 Å². The number of fused-ring (bicyclic) bond motifs is 1. The minimum atomic E-state index is 0.0760. The van der Waals surface area contributed by atoms with Gasteiger partial charge in [0.2, 0.25) is 11.7 Å². The number of tetrazole rings is 1. The first-order valence-corrected chi connectivity index (χ1v) is 9.39. The molecule has 1 aromatic heterocycles. The van der Waals surface area contributed by atoms with E-state index < -0.39 is 0 Å². The molecule has 0 spiro atoms. The summed E-state index contributed by atoms with van der Waals surface area (Å²) >= 11 is 6.17. The van der Waals surface area contributed by atoms with Crippen molar-refractivity contribution in [1.29, 1.82) is 0 Å². The number of nitrogens with zero attached hydrogens (tertiary/aromatic N) is 5. The summed E-state index contributed by atoms with van der Waals surface area (Å²) < 4.78 is 0. The van der Waals surface area contributed by atoms with Gasteiger partial charge in [-0.25, -0.2) is 0 Å². The van der Waals surface area contributed by atoms with Crippen LogP contribution < -0.4 is 0 Å². The van der Waals surface area contributed by atoms with Gasteiger partial charge in [-0.1, -0.05) is 43.0 Å².